The molecule has 0 saturated heterocycles. The molecule has 0 unspecified atom stereocenters. The molecule has 0 spiro atoms. The highest BCUT2D eigenvalue weighted by Gasteiger charge is 2.32. The lowest BCUT2D eigenvalue weighted by Crippen LogP contribution is -2.04. The third-order valence-corrected chi connectivity index (χ3v) is 4.79. The summed E-state index contributed by atoms with van der Waals surface area (Å²) in [5.74, 6) is 0.422. The second-order valence-corrected chi connectivity index (χ2v) is 6.51. The van der Waals surface area contributed by atoms with E-state index in [1.807, 2.05) is 0 Å². The lowest BCUT2D eigenvalue weighted by atomic mass is 10.0. The summed E-state index contributed by atoms with van der Waals surface area (Å²) >= 11 is 1.37. The average molecular weight is 346 g/mol. The molecular formula is C17H11F3N3S. The first-order valence-corrected chi connectivity index (χ1v) is 8.26. The molecule has 1 radical (unpaired) electrons. The molecule has 1 saturated carbocycles. The summed E-state index contributed by atoms with van der Waals surface area (Å²) in [6.07, 6.45) is 2.11. The molecule has 1 aliphatic rings. The highest BCUT2D eigenvalue weighted by atomic mass is 32.1. The van der Waals surface area contributed by atoms with E-state index in [1.54, 1.807) is 17.8 Å². The smallest absolute Gasteiger partial charge is 0.244 e. The first kappa shape index (κ1) is 15.3. The van der Waals surface area contributed by atoms with Crippen molar-refractivity contribution in [2.24, 2.45) is 0 Å². The second kappa shape index (κ2) is 5.66. The molecule has 0 N–H and O–H groups in total. The molecule has 2 heterocycles. The van der Waals surface area contributed by atoms with Gasteiger partial charge in [-0.2, -0.15) is 13.2 Å². The van der Waals surface area contributed by atoms with Gasteiger partial charge in [0.15, 0.2) is 6.33 Å². The molecule has 3 aromatic rings. The fourth-order valence-corrected chi connectivity index (χ4v) is 3.46. The molecule has 0 aliphatic heterocycles. The van der Waals surface area contributed by atoms with Gasteiger partial charge < -0.3 is 0 Å². The maximum atomic E-state index is 13.0. The Morgan fingerprint density at radius 1 is 1.17 bits per heavy atom. The fraction of sp³-hybridized carbons (Fsp3) is 0.235. The van der Waals surface area contributed by atoms with Crippen LogP contribution in [0, 0.1) is 6.33 Å². The van der Waals surface area contributed by atoms with Crippen LogP contribution in [0.5, 0.6) is 0 Å². The maximum absolute atomic E-state index is 13.0. The van der Waals surface area contributed by atoms with E-state index in [9.17, 15) is 13.2 Å². The Morgan fingerprint density at radius 2 is 2.00 bits per heavy atom. The van der Waals surface area contributed by atoms with Crippen molar-refractivity contribution in [1.29, 1.82) is 0 Å². The Hall–Kier alpha value is -2.28. The van der Waals surface area contributed by atoms with Gasteiger partial charge in [0.2, 0.25) is 0 Å². The van der Waals surface area contributed by atoms with Crippen molar-refractivity contribution < 1.29 is 13.2 Å². The molecule has 0 bridgehead atoms. The number of alkyl halides is 3. The molecule has 1 aliphatic carbocycles. The quantitative estimate of drug-likeness (QED) is 0.672. The third kappa shape index (κ3) is 2.80. The highest BCUT2D eigenvalue weighted by Crippen LogP contribution is 2.46. The molecule has 24 heavy (non-hydrogen) atoms. The van der Waals surface area contributed by atoms with Crippen LogP contribution in [-0.4, -0.2) is 15.0 Å². The predicted molar refractivity (Wildman–Crippen MR) is 84.4 cm³/mol. The van der Waals surface area contributed by atoms with Crippen LogP contribution in [0.15, 0.2) is 36.0 Å². The first-order chi connectivity index (χ1) is 11.5. The lowest BCUT2D eigenvalue weighted by Gasteiger charge is -2.10. The van der Waals surface area contributed by atoms with Gasteiger partial charge in [0.1, 0.15) is 0 Å². The molecule has 0 atom stereocenters. The molecule has 4 rings (SSSR count). The molecule has 121 valence electrons. The number of aromatic nitrogens is 3. The van der Waals surface area contributed by atoms with E-state index >= 15 is 0 Å². The predicted octanol–water partition coefficient (Wildman–Crippen LogP) is 4.96. The van der Waals surface area contributed by atoms with Gasteiger partial charge >= 0.3 is 6.18 Å². The van der Waals surface area contributed by atoms with E-state index in [1.165, 1.54) is 17.4 Å². The Labute approximate surface area is 140 Å². The molecule has 0 amide bonds. The van der Waals surface area contributed by atoms with E-state index < -0.39 is 11.7 Å². The second-order valence-electron chi connectivity index (χ2n) is 5.66. The molecule has 2 aromatic heterocycles. The summed E-state index contributed by atoms with van der Waals surface area (Å²) in [7, 11) is 0. The summed E-state index contributed by atoms with van der Waals surface area (Å²) < 4.78 is 38.9. The molecule has 3 nitrogen and oxygen atoms in total. The zero-order chi connectivity index (χ0) is 16.7. The van der Waals surface area contributed by atoms with Crippen molar-refractivity contribution >= 4 is 11.3 Å². The third-order valence-electron chi connectivity index (χ3n) is 3.96. The van der Waals surface area contributed by atoms with Gasteiger partial charge in [0.05, 0.1) is 27.3 Å². The van der Waals surface area contributed by atoms with E-state index in [4.69, 9.17) is 0 Å². The number of nitrogens with zero attached hydrogens (tertiary/aromatic N) is 3. The Kier molecular flexibility index (Phi) is 3.60. The molecule has 7 heteroatoms. The van der Waals surface area contributed by atoms with E-state index in [0.717, 1.165) is 41.1 Å². The van der Waals surface area contributed by atoms with Crippen molar-refractivity contribution in [3.63, 3.8) is 0 Å². The minimum absolute atomic E-state index is 0.422. The highest BCUT2D eigenvalue weighted by molar-refractivity contribution is 7.13. The van der Waals surface area contributed by atoms with Gasteiger partial charge in [-0.15, -0.1) is 11.3 Å². The van der Waals surface area contributed by atoms with Crippen LogP contribution in [0.1, 0.15) is 29.9 Å². The van der Waals surface area contributed by atoms with Crippen molar-refractivity contribution in [2.45, 2.75) is 24.9 Å². The standard InChI is InChI=1S/C17H11F3N3S/c18-17(19,20)12-3-1-2-11(6-12)14-16(24-9-23-14)15-13(10-4-5-10)7-21-8-22-15/h1-3,6-7,9-10H,4-5H2. The van der Waals surface area contributed by atoms with E-state index in [2.05, 4.69) is 21.3 Å². The summed E-state index contributed by atoms with van der Waals surface area (Å²) in [6, 6.07) is 5.22. The van der Waals surface area contributed by atoms with E-state index in [0.29, 0.717) is 17.2 Å². The van der Waals surface area contributed by atoms with Crippen LogP contribution in [0.3, 0.4) is 0 Å². The van der Waals surface area contributed by atoms with Crippen LogP contribution in [-0.2, 0) is 6.18 Å². The van der Waals surface area contributed by atoms with Crippen molar-refractivity contribution in [1.82, 2.24) is 15.0 Å². The van der Waals surface area contributed by atoms with Crippen LogP contribution >= 0.6 is 11.3 Å². The molecule has 1 fully saturated rings. The number of benzene rings is 1. The Bertz CT molecular complexity index is 885. The molecule has 1 aromatic carbocycles. The zero-order valence-corrected chi connectivity index (χ0v) is 13.2. The Morgan fingerprint density at radius 3 is 2.75 bits per heavy atom. The summed E-state index contributed by atoms with van der Waals surface area (Å²) in [4.78, 5) is 13.3. The van der Waals surface area contributed by atoms with E-state index in [-0.39, 0.29) is 0 Å². The first-order valence-electron chi connectivity index (χ1n) is 7.38. The van der Waals surface area contributed by atoms with Crippen molar-refractivity contribution in [3.05, 3.63) is 53.4 Å². The fourth-order valence-electron chi connectivity index (χ4n) is 2.64. The lowest BCUT2D eigenvalue weighted by molar-refractivity contribution is -0.137. The maximum Gasteiger partial charge on any atom is 0.416 e. The monoisotopic (exact) mass is 346 g/mol. The number of rotatable bonds is 3. The van der Waals surface area contributed by atoms with Crippen LogP contribution in [0.2, 0.25) is 0 Å². The van der Waals surface area contributed by atoms with Gasteiger partial charge in [-0.25, -0.2) is 15.0 Å². The number of hydrogen-bond donors (Lipinski definition) is 0. The van der Waals surface area contributed by atoms with Gasteiger partial charge in [-0.1, -0.05) is 12.1 Å². The molecular weight excluding hydrogens is 335 g/mol. The largest absolute Gasteiger partial charge is 0.416 e. The number of hydrogen-bond acceptors (Lipinski definition) is 4. The Balaban J connectivity index is 1.82. The van der Waals surface area contributed by atoms with Gasteiger partial charge in [0, 0.05) is 17.3 Å². The number of halogens is 3. The average Bonchev–Trinajstić information content (AvgIpc) is 3.31. The topological polar surface area (TPSA) is 38.7 Å². The summed E-state index contributed by atoms with van der Waals surface area (Å²) in [5.41, 5.74) is 3.63. The van der Waals surface area contributed by atoms with Crippen LogP contribution in [0.4, 0.5) is 13.2 Å². The summed E-state index contributed by atoms with van der Waals surface area (Å²) in [5, 5.41) is 0. The minimum Gasteiger partial charge on any atom is -0.244 e. The van der Waals surface area contributed by atoms with Crippen molar-refractivity contribution in [3.8, 4) is 21.8 Å². The summed E-state index contributed by atoms with van der Waals surface area (Å²) in [6.45, 7) is 0. The van der Waals surface area contributed by atoms with Gasteiger partial charge in [0.25, 0.3) is 0 Å². The van der Waals surface area contributed by atoms with Gasteiger partial charge in [-0.05, 0) is 30.9 Å². The zero-order valence-electron chi connectivity index (χ0n) is 12.3. The normalized spacial score (nSPS) is 14.8. The van der Waals surface area contributed by atoms with Gasteiger partial charge in [-0.3, -0.25) is 0 Å². The van der Waals surface area contributed by atoms with Crippen LogP contribution in [0.25, 0.3) is 21.8 Å². The minimum atomic E-state index is -4.38. The number of thiazole rings is 1. The van der Waals surface area contributed by atoms with Crippen molar-refractivity contribution in [2.75, 3.05) is 0 Å². The van der Waals surface area contributed by atoms with Crippen LogP contribution < -0.4 is 0 Å². The SMILES string of the molecule is FC(F)(F)c1cccc(-c2ncsc2-c2n[c]ncc2C2CC2)c1.